The lowest BCUT2D eigenvalue weighted by Gasteiger charge is -2.14. The molecule has 0 saturated carbocycles. The van der Waals surface area contributed by atoms with E-state index in [2.05, 4.69) is 22.0 Å². The summed E-state index contributed by atoms with van der Waals surface area (Å²) >= 11 is 3.43. The highest BCUT2D eigenvalue weighted by Crippen LogP contribution is 2.22. The monoisotopic (exact) mass is 415 g/mol. The molecule has 0 bridgehead atoms. The summed E-state index contributed by atoms with van der Waals surface area (Å²) < 4.78 is 2.50. The van der Waals surface area contributed by atoms with Crippen molar-refractivity contribution in [2.75, 3.05) is 0 Å². The van der Waals surface area contributed by atoms with Crippen LogP contribution < -0.4 is 5.56 Å². The van der Waals surface area contributed by atoms with E-state index >= 15 is 0 Å². The highest BCUT2D eigenvalue weighted by molar-refractivity contribution is 9.10. The first-order valence-electron chi connectivity index (χ1n) is 8.40. The van der Waals surface area contributed by atoms with Gasteiger partial charge < -0.3 is 0 Å². The number of nitriles is 1. The van der Waals surface area contributed by atoms with E-state index in [4.69, 9.17) is 4.98 Å². The van der Waals surface area contributed by atoms with Gasteiger partial charge in [0.15, 0.2) is 0 Å². The van der Waals surface area contributed by atoms with Crippen molar-refractivity contribution in [3.05, 3.63) is 98.7 Å². The summed E-state index contributed by atoms with van der Waals surface area (Å²) in [7, 11) is 0. The van der Waals surface area contributed by atoms with Gasteiger partial charge in [-0.05, 0) is 35.9 Å². The Morgan fingerprint density at radius 2 is 1.81 bits per heavy atom. The number of hydrogen-bond acceptors (Lipinski definition) is 3. The molecule has 4 nitrogen and oxygen atoms in total. The second kappa shape index (κ2) is 7.18. The molecule has 1 aromatic heterocycles. The first kappa shape index (κ1) is 17.2. The van der Waals surface area contributed by atoms with Gasteiger partial charge in [-0.1, -0.05) is 58.4 Å². The number of aromatic nitrogens is 2. The largest absolute Gasteiger partial charge is 0.288 e. The fourth-order valence-corrected chi connectivity index (χ4v) is 3.42. The van der Waals surface area contributed by atoms with Gasteiger partial charge in [-0.2, -0.15) is 5.26 Å². The van der Waals surface area contributed by atoms with Crippen LogP contribution in [0.3, 0.4) is 0 Å². The molecule has 4 rings (SSSR count). The van der Waals surface area contributed by atoms with E-state index in [1.165, 1.54) is 0 Å². The van der Waals surface area contributed by atoms with Crippen LogP contribution in [-0.4, -0.2) is 9.55 Å². The summed E-state index contributed by atoms with van der Waals surface area (Å²) in [6, 6.07) is 24.6. The van der Waals surface area contributed by atoms with Crippen LogP contribution in [-0.2, 0) is 6.54 Å². The summed E-state index contributed by atoms with van der Waals surface area (Å²) in [4.78, 5) is 18.0. The van der Waals surface area contributed by atoms with Gasteiger partial charge in [0.25, 0.3) is 5.56 Å². The third kappa shape index (κ3) is 3.40. The molecule has 130 valence electrons. The lowest BCUT2D eigenvalue weighted by atomic mass is 10.1. The first-order chi connectivity index (χ1) is 13.2. The van der Waals surface area contributed by atoms with Crippen LogP contribution in [0.5, 0.6) is 0 Å². The molecule has 0 unspecified atom stereocenters. The molecule has 0 fully saturated rings. The average Bonchev–Trinajstić information content (AvgIpc) is 2.71. The molecule has 0 amide bonds. The van der Waals surface area contributed by atoms with Crippen LogP contribution in [0.25, 0.3) is 22.3 Å². The number of benzene rings is 3. The maximum absolute atomic E-state index is 13.3. The molecular weight excluding hydrogens is 402 g/mol. The second-order valence-electron chi connectivity index (χ2n) is 6.17. The zero-order chi connectivity index (χ0) is 18.8. The molecule has 27 heavy (non-hydrogen) atoms. The van der Waals surface area contributed by atoms with E-state index in [1.807, 2.05) is 48.5 Å². The Balaban J connectivity index is 2.00. The molecule has 3 aromatic carbocycles. The fraction of sp³-hybridized carbons (Fsp3) is 0.0455. The predicted octanol–water partition coefficient (Wildman–Crippen LogP) is 4.75. The van der Waals surface area contributed by atoms with Gasteiger partial charge in [-0.3, -0.25) is 9.36 Å². The van der Waals surface area contributed by atoms with Gasteiger partial charge in [-0.25, -0.2) is 4.98 Å². The Morgan fingerprint density at radius 3 is 2.59 bits per heavy atom. The fourth-order valence-electron chi connectivity index (χ4n) is 3.05. The first-order valence-corrected chi connectivity index (χ1v) is 9.19. The molecular formula is C22H14BrN3O. The molecule has 0 spiro atoms. The Labute approximate surface area is 164 Å². The van der Waals surface area contributed by atoms with Crippen LogP contribution in [0.1, 0.15) is 11.1 Å². The van der Waals surface area contributed by atoms with Crippen molar-refractivity contribution < 1.29 is 0 Å². The quantitative estimate of drug-likeness (QED) is 0.485. The van der Waals surface area contributed by atoms with Crippen LogP contribution >= 0.6 is 15.9 Å². The number of fused-ring (bicyclic) bond motifs is 1. The summed E-state index contributed by atoms with van der Waals surface area (Å²) in [6.45, 7) is 0.404. The van der Waals surface area contributed by atoms with Crippen molar-refractivity contribution in [1.29, 1.82) is 5.26 Å². The highest BCUT2D eigenvalue weighted by Gasteiger charge is 2.14. The maximum atomic E-state index is 13.3. The molecule has 5 heteroatoms. The zero-order valence-corrected chi connectivity index (χ0v) is 15.8. The van der Waals surface area contributed by atoms with Crippen LogP contribution in [0, 0.1) is 11.3 Å². The normalized spacial score (nSPS) is 10.7. The van der Waals surface area contributed by atoms with Crippen LogP contribution in [0.4, 0.5) is 0 Å². The van der Waals surface area contributed by atoms with Gasteiger partial charge in [0.1, 0.15) is 5.82 Å². The molecule has 0 aliphatic rings. The van der Waals surface area contributed by atoms with E-state index in [1.54, 1.807) is 28.8 Å². The third-order valence-electron chi connectivity index (χ3n) is 4.35. The van der Waals surface area contributed by atoms with Crippen molar-refractivity contribution in [1.82, 2.24) is 9.55 Å². The van der Waals surface area contributed by atoms with E-state index < -0.39 is 0 Å². The molecule has 0 radical (unpaired) electrons. The van der Waals surface area contributed by atoms with E-state index in [-0.39, 0.29) is 5.56 Å². The number of halogens is 1. The Hall–Kier alpha value is -3.23. The van der Waals surface area contributed by atoms with Crippen molar-refractivity contribution in [3.8, 4) is 17.5 Å². The molecule has 0 aliphatic heterocycles. The summed E-state index contributed by atoms with van der Waals surface area (Å²) in [5, 5.41) is 9.78. The molecule has 0 aliphatic carbocycles. The maximum Gasteiger partial charge on any atom is 0.262 e. The Bertz CT molecular complexity index is 1240. The van der Waals surface area contributed by atoms with E-state index in [0.29, 0.717) is 28.8 Å². The van der Waals surface area contributed by atoms with Crippen molar-refractivity contribution in [2.24, 2.45) is 0 Å². The minimum absolute atomic E-state index is 0.109. The average molecular weight is 416 g/mol. The third-order valence-corrected chi connectivity index (χ3v) is 4.84. The minimum atomic E-state index is -0.109. The highest BCUT2D eigenvalue weighted by atomic mass is 79.9. The number of nitrogens with zero attached hydrogens (tertiary/aromatic N) is 3. The Kier molecular flexibility index (Phi) is 4.57. The topological polar surface area (TPSA) is 58.7 Å². The van der Waals surface area contributed by atoms with Gasteiger partial charge in [0, 0.05) is 10.0 Å². The van der Waals surface area contributed by atoms with Gasteiger partial charge in [0.2, 0.25) is 0 Å². The molecule has 0 saturated heterocycles. The summed E-state index contributed by atoms with van der Waals surface area (Å²) in [6.07, 6.45) is 0. The van der Waals surface area contributed by atoms with Crippen molar-refractivity contribution >= 4 is 26.8 Å². The van der Waals surface area contributed by atoms with E-state index in [0.717, 1.165) is 15.6 Å². The predicted molar refractivity (Wildman–Crippen MR) is 109 cm³/mol. The standard InChI is InChI=1S/C22H14BrN3O/c23-18-9-10-20-19(12-18)22(27)26(14-15-5-2-1-3-6-15)21(25-20)17-8-4-7-16(11-17)13-24/h1-12H,14H2. The van der Waals surface area contributed by atoms with Gasteiger partial charge >= 0.3 is 0 Å². The summed E-state index contributed by atoms with van der Waals surface area (Å²) in [5.41, 5.74) is 2.80. The van der Waals surface area contributed by atoms with Crippen molar-refractivity contribution in [3.63, 3.8) is 0 Å². The smallest absolute Gasteiger partial charge is 0.262 e. The minimum Gasteiger partial charge on any atom is -0.288 e. The molecule has 0 N–H and O–H groups in total. The number of hydrogen-bond donors (Lipinski definition) is 0. The number of rotatable bonds is 3. The Morgan fingerprint density at radius 1 is 1.00 bits per heavy atom. The van der Waals surface area contributed by atoms with Crippen molar-refractivity contribution in [2.45, 2.75) is 6.54 Å². The zero-order valence-electron chi connectivity index (χ0n) is 14.3. The molecule has 0 atom stereocenters. The van der Waals surface area contributed by atoms with Crippen LogP contribution in [0.2, 0.25) is 0 Å². The lowest BCUT2D eigenvalue weighted by Crippen LogP contribution is -2.24. The lowest BCUT2D eigenvalue weighted by molar-refractivity contribution is 0.759. The van der Waals surface area contributed by atoms with Gasteiger partial charge in [0.05, 0.1) is 29.1 Å². The molecule has 1 heterocycles. The van der Waals surface area contributed by atoms with Gasteiger partial charge in [-0.15, -0.1) is 0 Å². The SMILES string of the molecule is N#Cc1cccc(-c2nc3ccc(Br)cc3c(=O)n2Cc2ccccc2)c1. The molecule has 4 aromatic rings. The van der Waals surface area contributed by atoms with Crippen LogP contribution in [0.15, 0.2) is 82.1 Å². The van der Waals surface area contributed by atoms with E-state index in [9.17, 15) is 10.1 Å². The summed E-state index contributed by atoms with van der Waals surface area (Å²) in [5.74, 6) is 0.552. The second-order valence-corrected chi connectivity index (χ2v) is 7.08.